The van der Waals surface area contributed by atoms with Gasteiger partial charge in [0.2, 0.25) is 0 Å². The van der Waals surface area contributed by atoms with Crippen molar-refractivity contribution in [2.75, 3.05) is 14.1 Å². The summed E-state index contributed by atoms with van der Waals surface area (Å²) in [4.78, 5) is 12.6. The highest BCUT2D eigenvalue weighted by molar-refractivity contribution is 5.85. The Labute approximate surface area is 76.6 Å². The van der Waals surface area contributed by atoms with Crippen molar-refractivity contribution in [3.63, 3.8) is 0 Å². The van der Waals surface area contributed by atoms with Gasteiger partial charge in [-0.15, -0.1) is 0 Å². The maximum Gasteiger partial charge on any atom is 0.354 e. The van der Waals surface area contributed by atoms with Crippen LogP contribution >= 0.6 is 0 Å². The summed E-state index contributed by atoms with van der Waals surface area (Å²) in [7, 11) is 5.45. The molecule has 0 saturated carbocycles. The van der Waals surface area contributed by atoms with Crippen molar-refractivity contribution < 1.29 is 9.90 Å². The first kappa shape index (κ1) is 9.73. The van der Waals surface area contributed by atoms with Crippen molar-refractivity contribution in [3.05, 3.63) is 17.5 Å². The summed E-state index contributed by atoms with van der Waals surface area (Å²) >= 11 is 0. The molecule has 13 heavy (non-hydrogen) atoms. The van der Waals surface area contributed by atoms with Gasteiger partial charge in [0, 0.05) is 13.6 Å². The Morgan fingerprint density at radius 3 is 2.69 bits per heavy atom. The lowest BCUT2D eigenvalue weighted by Crippen LogP contribution is -2.11. The number of nitrogens with zero attached hydrogens (tertiary/aromatic N) is 3. The van der Waals surface area contributed by atoms with Crippen molar-refractivity contribution in [3.8, 4) is 0 Å². The minimum atomic E-state index is -0.944. The molecule has 0 aromatic carbocycles. The van der Waals surface area contributed by atoms with Crippen molar-refractivity contribution in [2.45, 2.75) is 6.54 Å². The van der Waals surface area contributed by atoms with Crippen LogP contribution < -0.4 is 0 Å². The highest BCUT2D eigenvalue weighted by atomic mass is 16.4. The predicted octanol–water partition coefficient (Wildman–Crippen LogP) is 0.180. The lowest BCUT2D eigenvalue weighted by molar-refractivity contribution is 0.0685. The topological polar surface area (TPSA) is 58.4 Å². The van der Waals surface area contributed by atoms with E-state index in [1.807, 2.05) is 19.0 Å². The second kappa shape index (κ2) is 3.57. The number of aryl methyl sites for hydroxylation is 1. The van der Waals surface area contributed by atoms with Crippen molar-refractivity contribution >= 4 is 5.97 Å². The van der Waals surface area contributed by atoms with Gasteiger partial charge in [-0.25, -0.2) is 4.79 Å². The molecular formula is C8H13N3O2. The van der Waals surface area contributed by atoms with E-state index in [4.69, 9.17) is 5.11 Å². The molecule has 0 spiro atoms. The molecule has 0 bridgehead atoms. The molecule has 72 valence electrons. The summed E-state index contributed by atoms with van der Waals surface area (Å²) < 4.78 is 1.38. The molecule has 1 aromatic heterocycles. The van der Waals surface area contributed by atoms with Gasteiger partial charge in [0.05, 0.1) is 5.69 Å². The summed E-state index contributed by atoms with van der Waals surface area (Å²) in [6, 6.07) is 1.59. The standard InChI is InChI=1S/C8H13N3O2/c1-10(2)5-6-4-7(8(12)13)11(3)9-6/h4H,5H2,1-3H3,(H,12,13). The summed E-state index contributed by atoms with van der Waals surface area (Å²) in [6.07, 6.45) is 0. The molecule has 5 nitrogen and oxygen atoms in total. The van der Waals surface area contributed by atoms with Crippen LogP contribution in [0.5, 0.6) is 0 Å². The van der Waals surface area contributed by atoms with Crippen LogP contribution in [0.15, 0.2) is 6.07 Å². The van der Waals surface area contributed by atoms with Gasteiger partial charge >= 0.3 is 5.97 Å². The molecule has 0 amide bonds. The van der Waals surface area contributed by atoms with Gasteiger partial charge in [-0.2, -0.15) is 5.10 Å². The summed E-state index contributed by atoms with van der Waals surface area (Å²) in [5.74, 6) is -0.944. The molecule has 0 fully saturated rings. The highest BCUT2D eigenvalue weighted by Crippen LogP contribution is 2.04. The Morgan fingerprint density at radius 2 is 2.31 bits per heavy atom. The molecule has 1 N–H and O–H groups in total. The van der Waals surface area contributed by atoms with E-state index in [9.17, 15) is 4.79 Å². The average Bonchev–Trinajstić information content (AvgIpc) is 2.29. The Bertz CT molecular complexity index is 317. The monoisotopic (exact) mass is 183 g/mol. The fourth-order valence-corrected chi connectivity index (χ4v) is 1.13. The molecule has 0 radical (unpaired) electrons. The first-order chi connectivity index (χ1) is 6.00. The van der Waals surface area contributed by atoms with Crippen LogP contribution in [0.4, 0.5) is 0 Å². The van der Waals surface area contributed by atoms with Crippen molar-refractivity contribution in [1.29, 1.82) is 0 Å². The minimum absolute atomic E-state index is 0.219. The van der Waals surface area contributed by atoms with Crippen LogP contribution in [-0.4, -0.2) is 39.9 Å². The summed E-state index contributed by atoms with van der Waals surface area (Å²) in [5, 5.41) is 12.8. The normalized spacial score (nSPS) is 10.8. The van der Waals surface area contributed by atoms with Crippen LogP contribution in [0, 0.1) is 0 Å². The molecule has 0 aliphatic rings. The third kappa shape index (κ3) is 2.29. The Hall–Kier alpha value is -1.36. The largest absolute Gasteiger partial charge is 0.477 e. The third-order valence-corrected chi connectivity index (χ3v) is 1.63. The number of carboxylic acid groups (broad SMARTS) is 1. The number of aromatic nitrogens is 2. The van der Waals surface area contributed by atoms with Gasteiger partial charge in [0.15, 0.2) is 0 Å². The zero-order valence-corrected chi connectivity index (χ0v) is 7.98. The maximum absolute atomic E-state index is 10.6. The van der Waals surface area contributed by atoms with Crippen molar-refractivity contribution in [2.24, 2.45) is 7.05 Å². The minimum Gasteiger partial charge on any atom is -0.477 e. The lowest BCUT2D eigenvalue weighted by atomic mass is 10.3. The molecule has 0 saturated heterocycles. The molecule has 1 rings (SSSR count). The smallest absolute Gasteiger partial charge is 0.354 e. The zero-order chi connectivity index (χ0) is 10.0. The van der Waals surface area contributed by atoms with E-state index in [0.717, 1.165) is 5.69 Å². The number of hydrogen-bond acceptors (Lipinski definition) is 3. The van der Waals surface area contributed by atoms with Gasteiger partial charge in [-0.05, 0) is 20.2 Å². The van der Waals surface area contributed by atoms with E-state index in [-0.39, 0.29) is 5.69 Å². The zero-order valence-electron chi connectivity index (χ0n) is 7.98. The molecule has 0 atom stereocenters. The highest BCUT2D eigenvalue weighted by Gasteiger charge is 2.11. The van der Waals surface area contributed by atoms with Crippen LogP contribution in [0.2, 0.25) is 0 Å². The van der Waals surface area contributed by atoms with E-state index in [1.54, 1.807) is 13.1 Å². The van der Waals surface area contributed by atoms with E-state index in [1.165, 1.54) is 4.68 Å². The van der Waals surface area contributed by atoms with E-state index in [2.05, 4.69) is 5.10 Å². The van der Waals surface area contributed by atoms with E-state index < -0.39 is 5.97 Å². The first-order valence-corrected chi connectivity index (χ1v) is 3.91. The summed E-state index contributed by atoms with van der Waals surface area (Å²) in [6.45, 7) is 0.654. The van der Waals surface area contributed by atoms with Gasteiger partial charge in [0.1, 0.15) is 5.69 Å². The predicted molar refractivity (Wildman–Crippen MR) is 47.6 cm³/mol. The quantitative estimate of drug-likeness (QED) is 0.726. The molecule has 0 unspecified atom stereocenters. The van der Waals surface area contributed by atoms with Gasteiger partial charge in [-0.3, -0.25) is 4.68 Å². The van der Waals surface area contributed by atoms with Gasteiger partial charge < -0.3 is 10.0 Å². The molecule has 0 aliphatic carbocycles. The Kier molecular flexibility index (Phi) is 2.67. The number of carbonyl (C=O) groups is 1. The Balaban J connectivity index is 2.89. The van der Waals surface area contributed by atoms with Crippen LogP contribution in [0.25, 0.3) is 0 Å². The molecule has 1 aromatic rings. The van der Waals surface area contributed by atoms with Gasteiger partial charge in [0.25, 0.3) is 0 Å². The van der Waals surface area contributed by atoms with Crippen LogP contribution in [0.1, 0.15) is 16.2 Å². The molecule has 1 heterocycles. The second-order valence-electron chi connectivity index (χ2n) is 3.19. The molecule has 5 heteroatoms. The maximum atomic E-state index is 10.6. The summed E-state index contributed by atoms with van der Waals surface area (Å²) in [5.41, 5.74) is 0.988. The number of rotatable bonds is 3. The second-order valence-corrected chi connectivity index (χ2v) is 3.19. The number of hydrogen-bond donors (Lipinski definition) is 1. The van der Waals surface area contributed by atoms with Crippen molar-refractivity contribution in [1.82, 2.24) is 14.7 Å². The number of aromatic carboxylic acids is 1. The van der Waals surface area contributed by atoms with Crippen LogP contribution in [-0.2, 0) is 13.6 Å². The van der Waals surface area contributed by atoms with E-state index in [0.29, 0.717) is 6.54 Å². The fourth-order valence-electron chi connectivity index (χ4n) is 1.13. The molecule has 0 aliphatic heterocycles. The lowest BCUT2D eigenvalue weighted by Gasteiger charge is -2.04. The average molecular weight is 183 g/mol. The van der Waals surface area contributed by atoms with Crippen LogP contribution in [0.3, 0.4) is 0 Å². The fraction of sp³-hybridized carbons (Fsp3) is 0.500. The van der Waals surface area contributed by atoms with Gasteiger partial charge in [-0.1, -0.05) is 0 Å². The molecular weight excluding hydrogens is 170 g/mol. The van der Waals surface area contributed by atoms with E-state index >= 15 is 0 Å². The Morgan fingerprint density at radius 1 is 1.69 bits per heavy atom. The number of carboxylic acids is 1. The third-order valence-electron chi connectivity index (χ3n) is 1.63. The SMILES string of the molecule is CN(C)Cc1cc(C(=O)O)n(C)n1. The first-order valence-electron chi connectivity index (χ1n) is 3.91.